The predicted octanol–water partition coefficient (Wildman–Crippen LogP) is 2.98. The van der Waals surface area contributed by atoms with Crippen LogP contribution in [0.1, 0.15) is 32.1 Å². The molecule has 0 bridgehead atoms. The average molecular weight is 228 g/mol. The fraction of sp³-hybridized carbons (Fsp3) is 1.00. The molecular formula is C13H22ClN. The van der Waals surface area contributed by atoms with Crippen LogP contribution < -0.4 is 0 Å². The van der Waals surface area contributed by atoms with Crippen LogP contribution >= 0.6 is 11.6 Å². The number of rotatable bonds is 3. The van der Waals surface area contributed by atoms with Crippen molar-refractivity contribution in [1.29, 1.82) is 0 Å². The van der Waals surface area contributed by atoms with Crippen molar-refractivity contribution in [3.05, 3.63) is 0 Å². The highest BCUT2D eigenvalue weighted by Crippen LogP contribution is 2.54. The van der Waals surface area contributed by atoms with Crippen LogP contribution in [0.25, 0.3) is 0 Å². The van der Waals surface area contributed by atoms with Crippen molar-refractivity contribution >= 4 is 11.6 Å². The summed E-state index contributed by atoms with van der Waals surface area (Å²) < 4.78 is 0. The quantitative estimate of drug-likeness (QED) is 0.671. The molecule has 0 aromatic carbocycles. The maximum absolute atomic E-state index is 5.90. The van der Waals surface area contributed by atoms with E-state index in [1.807, 2.05) is 0 Å². The van der Waals surface area contributed by atoms with Crippen molar-refractivity contribution in [1.82, 2.24) is 4.90 Å². The Bertz CT molecular complexity index is 213. The number of nitrogens with zero attached hydrogens (tertiary/aromatic N) is 1. The Morgan fingerprint density at radius 1 is 0.933 bits per heavy atom. The molecule has 1 saturated heterocycles. The average Bonchev–Trinajstić information content (AvgIpc) is 2.88. The van der Waals surface area contributed by atoms with E-state index in [1.165, 1.54) is 32.5 Å². The van der Waals surface area contributed by atoms with Gasteiger partial charge in [-0.3, -0.25) is 0 Å². The van der Waals surface area contributed by atoms with Crippen LogP contribution in [-0.2, 0) is 0 Å². The summed E-state index contributed by atoms with van der Waals surface area (Å²) in [6.45, 7) is 4.01. The van der Waals surface area contributed by atoms with Crippen LogP contribution in [0, 0.1) is 23.7 Å². The SMILES string of the molecule is ClCC1CCN(CC2CC3CC3C2)CC1. The monoisotopic (exact) mass is 227 g/mol. The third-order valence-corrected chi connectivity index (χ3v) is 5.22. The van der Waals surface area contributed by atoms with E-state index in [4.69, 9.17) is 11.6 Å². The minimum atomic E-state index is 0.805. The molecule has 3 aliphatic rings. The molecule has 86 valence electrons. The van der Waals surface area contributed by atoms with Gasteiger partial charge in [-0.1, -0.05) is 0 Å². The lowest BCUT2D eigenvalue weighted by molar-refractivity contribution is 0.165. The van der Waals surface area contributed by atoms with Gasteiger partial charge in [-0.05, 0) is 68.9 Å². The molecule has 2 unspecified atom stereocenters. The number of alkyl halides is 1. The van der Waals surface area contributed by atoms with Crippen molar-refractivity contribution < 1.29 is 0 Å². The maximum atomic E-state index is 5.90. The molecule has 2 heteroatoms. The molecule has 0 spiro atoms. The summed E-state index contributed by atoms with van der Waals surface area (Å²) in [6.07, 6.45) is 7.32. The van der Waals surface area contributed by atoms with Crippen LogP contribution in [-0.4, -0.2) is 30.4 Å². The Morgan fingerprint density at radius 2 is 1.60 bits per heavy atom. The van der Waals surface area contributed by atoms with Gasteiger partial charge in [-0.15, -0.1) is 11.6 Å². The summed E-state index contributed by atoms with van der Waals surface area (Å²) >= 11 is 5.90. The molecule has 2 saturated carbocycles. The molecule has 0 amide bonds. The number of hydrogen-bond donors (Lipinski definition) is 0. The minimum Gasteiger partial charge on any atom is -0.303 e. The van der Waals surface area contributed by atoms with E-state index in [0.717, 1.165) is 29.6 Å². The van der Waals surface area contributed by atoms with E-state index in [-0.39, 0.29) is 0 Å². The van der Waals surface area contributed by atoms with Gasteiger partial charge in [0.05, 0.1) is 0 Å². The topological polar surface area (TPSA) is 3.24 Å². The molecule has 2 aliphatic carbocycles. The second kappa shape index (κ2) is 4.25. The molecule has 3 rings (SSSR count). The Labute approximate surface area is 98.2 Å². The normalized spacial score (nSPS) is 41.8. The Balaban J connectivity index is 1.41. The highest BCUT2D eigenvalue weighted by Gasteiger charge is 2.45. The van der Waals surface area contributed by atoms with Gasteiger partial charge < -0.3 is 4.90 Å². The Kier molecular flexibility index (Phi) is 2.95. The zero-order valence-electron chi connectivity index (χ0n) is 9.50. The van der Waals surface area contributed by atoms with Gasteiger partial charge in [-0.25, -0.2) is 0 Å². The second-order valence-corrected chi connectivity index (χ2v) is 6.30. The van der Waals surface area contributed by atoms with Gasteiger partial charge in [0.15, 0.2) is 0 Å². The molecule has 0 aromatic rings. The molecule has 0 radical (unpaired) electrons. The molecule has 1 nitrogen and oxygen atoms in total. The number of piperidine rings is 1. The fourth-order valence-corrected chi connectivity index (χ4v) is 3.99. The largest absolute Gasteiger partial charge is 0.303 e. The molecule has 1 heterocycles. The van der Waals surface area contributed by atoms with E-state index in [0.29, 0.717) is 0 Å². The van der Waals surface area contributed by atoms with Crippen LogP contribution in [0.2, 0.25) is 0 Å². The summed E-state index contributed by atoms with van der Waals surface area (Å²) in [5, 5.41) is 0. The first-order valence-electron chi connectivity index (χ1n) is 6.63. The van der Waals surface area contributed by atoms with E-state index >= 15 is 0 Å². The number of likely N-dealkylation sites (tertiary alicyclic amines) is 1. The minimum absolute atomic E-state index is 0.805. The third-order valence-electron chi connectivity index (χ3n) is 4.78. The first kappa shape index (κ1) is 10.4. The van der Waals surface area contributed by atoms with E-state index in [2.05, 4.69) is 4.90 Å². The van der Waals surface area contributed by atoms with Crippen LogP contribution in [0.5, 0.6) is 0 Å². The first-order chi connectivity index (χ1) is 7.35. The lowest BCUT2D eigenvalue weighted by Crippen LogP contribution is -2.37. The fourth-order valence-electron chi connectivity index (χ4n) is 3.68. The molecular weight excluding hydrogens is 206 g/mol. The standard InChI is InChI=1S/C13H22ClN/c14-8-10-1-3-15(4-2-10)9-11-5-12-7-13(12)6-11/h10-13H,1-9H2. The smallest absolute Gasteiger partial charge is 0.0252 e. The van der Waals surface area contributed by atoms with Gasteiger partial charge in [0.25, 0.3) is 0 Å². The third kappa shape index (κ3) is 2.34. The lowest BCUT2D eigenvalue weighted by Gasteiger charge is -2.33. The van der Waals surface area contributed by atoms with Crippen molar-refractivity contribution in [3.8, 4) is 0 Å². The van der Waals surface area contributed by atoms with Crippen LogP contribution in [0.15, 0.2) is 0 Å². The summed E-state index contributed by atoms with van der Waals surface area (Å²) in [5.74, 6) is 5.02. The van der Waals surface area contributed by atoms with E-state index < -0.39 is 0 Å². The van der Waals surface area contributed by atoms with Gasteiger partial charge in [0.2, 0.25) is 0 Å². The lowest BCUT2D eigenvalue weighted by atomic mass is 9.96. The molecule has 2 atom stereocenters. The predicted molar refractivity (Wildman–Crippen MR) is 64.2 cm³/mol. The maximum Gasteiger partial charge on any atom is 0.0252 e. The number of fused-ring (bicyclic) bond motifs is 1. The van der Waals surface area contributed by atoms with Crippen LogP contribution in [0.4, 0.5) is 0 Å². The Morgan fingerprint density at radius 3 is 2.20 bits per heavy atom. The molecule has 3 fully saturated rings. The van der Waals surface area contributed by atoms with E-state index in [9.17, 15) is 0 Å². The molecule has 15 heavy (non-hydrogen) atoms. The summed E-state index contributed by atoms with van der Waals surface area (Å²) in [7, 11) is 0. The van der Waals surface area contributed by atoms with Crippen molar-refractivity contribution in [2.45, 2.75) is 32.1 Å². The second-order valence-electron chi connectivity index (χ2n) is 5.99. The van der Waals surface area contributed by atoms with Gasteiger partial charge >= 0.3 is 0 Å². The highest BCUT2D eigenvalue weighted by atomic mass is 35.5. The number of halogens is 1. The molecule has 0 N–H and O–H groups in total. The summed E-state index contributed by atoms with van der Waals surface area (Å²) in [5.41, 5.74) is 0. The van der Waals surface area contributed by atoms with Gasteiger partial charge in [0.1, 0.15) is 0 Å². The molecule has 1 aliphatic heterocycles. The van der Waals surface area contributed by atoms with Crippen molar-refractivity contribution in [3.63, 3.8) is 0 Å². The zero-order chi connectivity index (χ0) is 10.3. The summed E-state index contributed by atoms with van der Waals surface area (Å²) in [6, 6.07) is 0. The van der Waals surface area contributed by atoms with Crippen LogP contribution in [0.3, 0.4) is 0 Å². The zero-order valence-corrected chi connectivity index (χ0v) is 10.3. The van der Waals surface area contributed by atoms with Crippen molar-refractivity contribution in [2.24, 2.45) is 23.7 Å². The Hall–Kier alpha value is 0.250. The van der Waals surface area contributed by atoms with Crippen molar-refractivity contribution in [2.75, 3.05) is 25.5 Å². The van der Waals surface area contributed by atoms with E-state index in [1.54, 1.807) is 19.3 Å². The van der Waals surface area contributed by atoms with Gasteiger partial charge in [-0.2, -0.15) is 0 Å². The number of hydrogen-bond acceptors (Lipinski definition) is 1. The van der Waals surface area contributed by atoms with Gasteiger partial charge in [0, 0.05) is 12.4 Å². The molecule has 0 aromatic heterocycles. The highest BCUT2D eigenvalue weighted by molar-refractivity contribution is 6.18. The first-order valence-corrected chi connectivity index (χ1v) is 7.17. The summed E-state index contributed by atoms with van der Waals surface area (Å²) in [4.78, 5) is 2.69.